The molecular weight excluding hydrogens is 354 g/mol. The number of ether oxygens (including phenoxy) is 2. The van der Waals surface area contributed by atoms with Crippen LogP contribution in [0.25, 0.3) is 0 Å². The van der Waals surface area contributed by atoms with Crippen molar-refractivity contribution in [3.63, 3.8) is 0 Å². The van der Waals surface area contributed by atoms with Crippen LogP contribution in [0.3, 0.4) is 0 Å². The molecule has 0 atom stereocenters. The van der Waals surface area contributed by atoms with Gasteiger partial charge in [-0.1, -0.05) is 6.07 Å². The number of amides is 1. The molecular formula is C22H29N3O3. The third-order valence-corrected chi connectivity index (χ3v) is 4.77. The summed E-state index contributed by atoms with van der Waals surface area (Å²) in [5, 5.41) is 0. The topological polar surface area (TPSA) is 54.9 Å². The lowest BCUT2D eigenvalue weighted by Crippen LogP contribution is -2.49. The molecule has 1 aromatic carbocycles. The molecule has 0 aliphatic carbocycles. The number of nitrogens with zero attached hydrogens (tertiary/aromatic N) is 3. The van der Waals surface area contributed by atoms with Gasteiger partial charge in [0, 0.05) is 38.9 Å². The van der Waals surface area contributed by atoms with E-state index in [0.29, 0.717) is 18.8 Å². The maximum atomic E-state index is 12.4. The first-order valence-corrected chi connectivity index (χ1v) is 9.77. The molecule has 0 N–H and O–H groups in total. The first kappa shape index (κ1) is 20.1. The minimum absolute atomic E-state index is 0.175. The fraction of sp³-hybridized carbons (Fsp3) is 0.455. The van der Waals surface area contributed by atoms with Crippen LogP contribution in [-0.4, -0.2) is 53.2 Å². The standard InChI is InChI=1S/C22H29N3O3/c1-16(2)27-20-6-5-19(18(4)12-20)15-24-7-9-25(10-8-24)22(26)28-21-11-17(3)13-23-14-21/h5-6,11-14,16H,7-10,15H2,1-4H3. The molecule has 1 saturated heterocycles. The zero-order valence-electron chi connectivity index (χ0n) is 17.1. The number of aromatic nitrogens is 1. The van der Waals surface area contributed by atoms with Crippen molar-refractivity contribution in [3.05, 3.63) is 53.3 Å². The molecule has 1 aliphatic rings. The van der Waals surface area contributed by atoms with Crippen molar-refractivity contribution in [2.24, 2.45) is 0 Å². The largest absolute Gasteiger partial charge is 0.491 e. The van der Waals surface area contributed by atoms with Crippen LogP contribution in [0.15, 0.2) is 36.7 Å². The number of hydrogen-bond acceptors (Lipinski definition) is 5. The van der Waals surface area contributed by atoms with Crippen LogP contribution in [0.5, 0.6) is 11.5 Å². The number of carbonyl (C=O) groups excluding carboxylic acids is 1. The summed E-state index contributed by atoms with van der Waals surface area (Å²) in [7, 11) is 0. The highest BCUT2D eigenvalue weighted by Gasteiger charge is 2.23. The molecule has 1 amide bonds. The summed E-state index contributed by atoms with van der Waals surface area (Å²) in [5.74, 6) is 1.40. The Hall–Kier alpha value is -2.60. The van der Waals surface area contributed by atoms with Gasteiger partial charge in [0.2, 0.25) is 0 Å². The van der Waals surface area contributed by atoms with E-state index in [9.17, 15) is 4.79 Å². The Morgan fingerprint density at radius 2 is 1.82 bits per heavy atom. The Bertz CT molecular complexity index is 814. The monoisotopic (exact) mass is 383 g/mol. The van der Waals surface area contributed by atoms with Crippen LogP contribution in [0.1, 0.15) is 30.5 Å². The predicted molar refractivity (Wildman–Crippen MR) is 109 cm³/mol. The fourth-order valence-corrected chi connectivity index (χ4v) is 3.27. The quantitative estimate of drug-likeness (QED) is 0.786. The van der Waals surface area contributed by atoms with E-state index in [1.54, 1.807) is 17.3 Å². The lowest BCUT2D eigenvalue weighted by molar-refractivity contribution is 0.107. The van der Waals surface area contributed by atoms with Gasteiger partial charge < -0.3 is 14.4 Å². The smallest absolute Gasteiger partial charge is 0.415 e. The van der Waals surface area contributed by atoms with Gasteiger partial charge in [0.05, 0.1) is 12.3 Å². The molecule has 2 aromatic rings. The summed E-state index contributed by atoms with van der Waals surface area (Å²) in [6.07, 6.45) is 3.17. The van der Waals surface area contributed by atoms with E-state index in [4.69, 9.17) is 9.47 Å². The molecule has 6 nitrogen and oxygen atoms in total. The van der Waals surface area contributed by atoms with E-state index in [0.717, 1.165) is 30.9 Å². The molecule has 0 saturated carbocycles. The van der Waals surface area contributed by atoms with Crippen LogP contribution < -0.4 is 9.47 Å². The van der Waals surface area contributed by atoms with E-state index in [2.05, 4.69) is 28.9 Å². The van der Waals surface area contributed by atoms with Gasteiger partial charge >= 0.3 is 6.09 Å². The number of carbonyl (C=O) groups is 1. The molecule has 6 heteroatoms. The third kappa shape index (κ3) is 5.45. The second-order valence-corrected chi connectivity index (χ2v) is 7.58. The summed E-state index contributed by atoms with van der Waals surface area (Å²) in [4.78, 5) is 20.5. The van der Waals surface area contributed by atoms with Crippen molar-refractivity contribution in [2.75, 3.05) is 26.2 Å². The highest BCUT2D eigenvalue weighted by Crippen LogP contribution is 2.20. The molecule has 1 aliphatic heterocycles. The average molecular weight is 383 g/mol. The lowest BCUT2D eigenvalue weighted by atomic mass is 10.1. The minimum atomic E-state index is -0.307. The van der Waals surface area contributed by atoms with Gasteiger partial charge in [-0.2, -0.15) is 0 Å². The maximum Gasteiger partial charge on any atom is 0.415 e. The summed E-state index contributed by atoms with van der Waals surface area (Å²) in [6, 6.07) is 8.08. The van der Waals surface area contributed by atoms with Crippen LogP contribution in [0.2, 0.25) is 0 Å². The molecule has 1 aromatic heterocycles. The zero-order chi connectivity index (χ0) is 20.1. The van der Waals surface area contributed by atoms with Gasteiger partial charge in [0.25, 0.3) is 0 Å². The molecule has 0 bridgehead atoms. The van der Waals surface area contributed by atoms with Crippen LogP contribution >= 0.6 is 0 Å². The third-order valence-electron chi connectivity index (χ3n) is 4.77. The minimum Gasteiger partial charge on any atom is -0.491 e. The number of rotatable bonds is 5. The number of pyridine rings is 1. The van der Waals surface area contributed by atoms with E-state index in [1.165, 1.54) is 11.1 Å². The van der Waals surface area contributed by atoms with Gasteiger partial charge in [-0.05, 0) is 62.6 Å². The molecule has 0 spiro atoms. The van der Waals surface area contributed by atoms with E-state index < -0.39 is 0 Å². The highest BCUT2D eigenvalue weighted by molar-refractivity contribution is 5.70. The van der Waals surface area contributed by atoms with Crippen molar-refractivity contribution < 1.29 is 14.3 Å². The van der Waals surface area contributed by atoms with Crippen molar-refractivity contribution in [1.29, 1.82) is 0 Å². The number of benzene rings is 1. The van der Waals surface area contributed by atoms with Gasteiger partial charge in [-0.15, -0.1) is 0 Å². The average Bonchev–Trinajstić information content (AvgIpc) is 2.64. The molecule has 3 rings (SSSR count). The number of hydrogen-bond donors (Lipinski definition) is 0. The summed E-state index contributed by atoms with van der Waals surface area (Å²) < 4.78 is 11.2. The molecule has 28 heavy (non-hydrogen) atoms. The van der Waals surface area contributed by atoms with Crippen molar-refractivity contribution in [2.45, 2.75) is 40.3 Å². The van der Waals surface area contributed by atoms with Gasteiger partial charge in [-0.3, -0.25) is 9.88 Å². The zero-order valence-corrected chi connectivity index (χ0v) is 17.1. The number of piperazine rings is 1. The molecule has 0 radical (unpaired) electrons. The van der Waals surface area contributed by atoms with Gasteiger partial charge in [0.15, 0.2) is 5.75 Å². The van der Waals surface area contributed by atoms with Crippen LogP contribution in [0, 0.1) is 13.8 Å². The summed E-state index contributed by atoms with van der Waals surface area (Å²) in [6.45, 7) is 11.9. The van der Waals surface area contributed by atoms with Crippen molar-refractivity contribution >= 4 is 6.09 Å². The Morgan fingerprint density at radius 1 is 1.07 bits per heavy atom. The first-order valence-electron chi connectivity index (χ1n) is 9.77. The van der Waals surface area contributed by atoms with E-state index >= 15 is 0 Å². The van der Waals surface area contributed by atoms with Crippen molar-refractivity contribution in [1.82, 2.24) is 14.8 Å². The normalized spacial score (nSPS) is 15.0. The highest BCUT2D eigenvalue weighted by atomic mass is 16.6. The predicted octanol–water partition coefficient (Wildman–Crippen LogP) is 3.80. The maximum absolute atomic E-state index is 12.4. The Balaban J connectivity index is 1.50. The molecule has 150 valence electrons. The second kappa shape index (κ2) is 9.06. The van der Waals surface area contributed by atoms with Crippen molar-refractivity contribution in [3.8, 4) is 11.5 Å². The Morgan fingerprint density at radius 3 is 2.46 bits per heavy atom. The van der Waals surface area contributed by atoms with E-state index in [1.807, 2.05) is 32.9 Å². The molecule has 0 unspecified atom stereocenters. The summed E-state index contributed by atoms with van der Waals surface area (Å²) >= 11 is 0. The number of aryl methyl sites for hydroxylation is 2. The fourth-order valence-electron chi connectivity index (χ4n) is 3.27. The van der Waals surface area contributed by atoms with Crippen LogP contribution in [-0.2, 0) is 6.54 Å². The Kier molecular flexibility index (Phi) is 6.52. The first-order chi connectivity index (χ1) is 13.4. The Labute approximate surface area is 167 Å². The lowest BCUT2D eigenvalue weighted by Gasteiger charge is -2.34. The van der Waals surface area contributed by atoms with Crippen LogP contribution in [0.4, 0.5) is 4.79 Å². The SMILES string of the molecule is Cc1cncc(OC(=O)N2CCN(Cc3ccc(OC(C)C)cc3C)CC2)c1. The molecule has 1 fully saturated rings. The second-order valence-electron chi connectivity index (χ2n) is 7.58. The van der Waals surface area contributed by atoms with E-state index in [-0.39, 0.29) is 12.2 Å². The summed E-state index contributed by atoms with van der Waals surface area (Å²) in [5.41, 5.74) is 3.49. The molecule has 2 heterocycles. The van der Waals surface area contributed by atoms with Gasteiger partial charge in [0.1, 0.15) is 5.75 Å². The van der Waals surface area contributed by atoms with Gasteiger partial charge in [-0.25, -0.2) is 4.79 Å².